The number of likely N-dealkylation sites (tertiary alicyclic amines) is 1. The predicted octanol–water partition coefficient (Wildman–Crippen LogP) is 3.40. The average molecular weight is 249 g/mol. The zero-order chi connectivity index (χ0) is 12.4. The van der Waals surface area contributed by atoms with Gasteiger partial charge in [0.15, 0.2) is 0 Å². The Balaban J connectivity index is 1.41. The topological polar surface area (TPSA) is 20.3 Å². The first-order valence-electron chi connectivity index (χ1n) is 8.03. The third kappa shape index (κ3) is 2.64. The van der Waals surface area contributed by atoms with E-state index in [0.29, 0.717) is 11.7 Å². The van der Waals surface area contributed by atoms with Crippen molar-refractivity contribution in [1.29, 1.82) is 0 Å². The van der Waals surface area contributed by atoms with Gasteiger partial charge in [-0.1, -0.05) is 12.8 Å². The van der Waals surface area contributed by atoms with Crippen LogP contribution in [0.15, 0.2) is 0 Å². The van der Waals surface area contributed by atoms with E-state index < -0.39 is 0 Å². The van der Waals surface area contributed by atoms with Crippen LogP contribution in [-0.4, -0.2) is 30.3 Å². The highest BCUT2D eigenvalue weighted by Gasteiger charge is 2.37. The van der Waals surface area contributed by atoms with Crippen LogP contribution < -0.4 is 0 Å². The van der Waals surface area contributed by atoms with E-state index in [1.54, 1.807) is 0 Å². The van der Waals surface area contributed by atoms with Crippen molar-refractivity contribution in [3.63, 3.8) is 0 Å². The Morgan fingerprint density at radius 2 is 1.78 bits per heavy atom. The fraction of sp³-hybridized carbons (Fsp3) is 0.938. The van der Waals surface area contributed by atoms with Crippen molar-refractivity contribution < 1.29 is 4.79 Å². The lowest BCUT2D eigenvalue weighted by molar-refractivity contribution is -0.120. The highest BCUT2D eigenvalue weighted by atomic mass is 16.1. The van der Waals surface area contributed by atoms with Gasteiger partial charge in [-0.05, 0) is 70.0 Å². The normalized spacial score (nSPS) is 32.4. The number of ketones is 1. The maximum Gasteiger partial charge on any atom is 0.136 e. The minimum absolute atomic E-state index is 0.410. The van der Waals surface area contributed by atoms with Gasteiger partial charge in [-0.3, -0.25) is 4.79 Å². The van der Waals surface area contributed by atoms with Crippen LogP contribution in [0.25, 0.3) is 0 Å². The van der Waals surface area contributed by atoms with Gasteiger partial charge in [-0.2, -0.15) is 0 Å². The van der Waals surface area contributed by atoms with Crippen molar-refractivity contribution in [1.82, 2.24) is 4.90 Å². The summed E-state index contributed by atoms with van der Waals surface area (Å²) in [6.45, 7) is 3.76. The second kappa shape index (κ2) is 5.32. The molecule has 1 unspecified atom stereocenters. The van der Waals surface area contributed by atoms with Crippen LogP contribution in [0.5, 0.6) is 0 Å². The lowest BCUT2D eigenvalue weighted by atomic mass is 9.77. The molecular weight excluding hydrogens is 222 g/mol. The minimum Gasteiger partial charge on any atom is -0.303 e. The molecule has 1 saturated heterocycles. The first kappa shape index (κ1) is 12.7. The van der Waals surface area contributed by atoms with E-state index in [9.17, 15) is 4.79 Å². The number of piperidine rings is 1. The SMILES string of the molecule is O=C1CCCC1CCN1CCC2(CCCC2)CC1. The molecule has 1 aliphatic heterocycles. The van der Waals surface area contributed by atoms with Crippen molar-refractivity contribution in [2.45, 2.75) is 64.2 Å². The number of hydrogen-bond acceptors (Lipinski definition) is 2. The van der Waals surface area contributed by atoms with E-state index in [2.05, 4.69) is 4.90 Å². The molecule has 0 N–H and O–H groups in total. The van der Waals surface area contributed by atoms with Crippen molar-refractivity contribution in [2.24, 2.45) is 11.3 Å². The van der Waals surface area contributed by atoms with Gasteiger partial charge in [0.05, 0.1) is 0 Å². The number of carbonyl (C=O) groups is 1. The van der Waals surface area contributed by atoms with Crippen LogP contribution in [0.4, 0.5) is 0 Å². The Morgan fingerprint density at radius 1 is 1.06 bits per heavy atom. The molecule has 2 heteroatoms. The van der Waals surface area contributed by atoms with E-state index in [1.165, 1.54) is 58.2 Å². The quantitative estimate of drug-likeness (QED) is 0.764. The van der Waals surface area contributed by atoms with E-state index in [-0.39, 0.29) is 0 Å². The summed E-state index contributed by atoms with van der Waals surface area (Å²) in [7, 11) is 0. The van der Waals surface area contributed by atoms with Crippen molar-refractivity contribution >= 4 is 5.78 Å². The summed E-state index contributed by atoms with van der Waals surface area (Å²) < 4.78 is 0. The van der Waals surface area contributed by atoms with Gasteiger partial charge in [0, 0.05) is 12.3 Å². The van der Waals surface area contributed by atoms with Crippen LogP contribution in [0.3, 0.4) is 0 Å². The summed E-state index contributed by atoms with van der Waals surface area (Å²) in [6, 6.07) is 0. The van der Waals surface area contributed by atoms with Crippen LogP contribution >= 0.6 is 0 Å². The van der Waals surface area contributed by atoms with E-state index in [0.717, 1.165) is 31.1 Å². The summed E-state index contributed by atoms with van der Waals surface area (Å²) in [5.74, 6) is 0.951. The van der Waals surface area contributed by atoms with Crippen LogP contribution in [0.2, 0.25) is 0 Å². The molecule has 102 valence electrons. The maximum absolute atomic E-state index is 11.6. The fourth-order valence-corrected chi connectivity index (χ4v) is 4.41. The monoisotopic (exact) mass is 249 g/mol. The smallest absolute Gasteiger partial charge is 0.136 e. The van der Waals surface area contributed by atoms with E-state index in [1.807, 2.05) is 0 Å². The number of hydrogen-bond donors (Lipinski definition) is 0. The summed E-state index contributed by atoms with van der Waals surface area (Å²) in [4.78, 5) is 14.3. The molecule has 0 amide bonds. The van der Waals surface area contributed by atoms with Crippen LogP contribution in [0, 0.1) is 11.3 Å². The van der Waals surface area contributed by atoms with Gasteiger partial charge < -0.3 is 4.90 Å². The third-order valence-corrected chi connectivity index (χ3v) is 5.81. The Labute approximate surface area is 111 Å². The molecule has 3 fully saturated rings. The third-order valence-electron chi connectivity index (χ3n) is 5.81. The molecule has 2 saturated carbocycles. The van der Waals surface area contributed by atoms with Crippen LogP contribution in [-0.2, 0) is 4.79 Å². The molecule has 3 aliphatic rings. The summed E-state index contributed by atoms with van der Waals surface area (Å²) >= 11 is 0. The largest absolute Gasteiger partial charge is 0.303 e. The van der Waals surface area contributed by atoms with E-state index >= 15 is 0 Å². The molecule has 3 rings (SSSR count). The molecule has 2 nitrogen and oxygen atoms in total. The molecule has 1 atom stereocenters. The summed E-state index contributed by atoms with van der Waals surface area (Å²) in [5, 5.41) is 0. The van der Waals surface area contributed by atoms with E-state index in [4.69, 9.17) is 0 Å². The lowest BCUT2D eigenvalue weighted by Gasteiger charge is -2.39. The van der Waals surface area contributed by atoms with Gasteiger partial charge in [0.2, 0.25) is 0 Å². The van der Waals surface area contributed by atoms with Crippen LogP contribution in [0.1, 0.15) is 64.2 Å². The molecule has 1 heterocycles. The highest BCUT2D eigenvalue weighted by molar-refractivity contribution is 5.82. The summed E-state index contributed by atoms with van der Waals surface area (Å²) in [6.07, 6.45) is 13.1. The predicted molar refractivity (Wildman–Crippen MR) is 73.5 cm³/mol. The molecule has 0 aromatic heterocycles. The Kier molecular flexibility index (Phi) is 3.74. The molecule has 0 aromatic rings. The van der Waals surface area contributed by atoms with Gasteiger partial charge >= 0.3 is 0 Å². The number of rotatable bonds is 3. The molecule has 18 heavy (non-hydrogen) atoms. The molecule has 0 bridgehead atoms. The fourth-order valence-electron chi connectivity index (χ4n) is 4.41. The maximum atomic E-state index is 11.6. The zero-order valence-corrected chi connectivity index (χ0v) is 11.6. The Bertz CT molecular complexity index is 296. The Morgan fingerprint density at radius 3 is 2.39 bits per heavy atom. The lowest BCUT2D eigenvalue weighted by Crippen LogP contribution is -2.39. The number of Topliss-reactive ketones (excluding diaryl/α,β-unsaturated/α-hetero) is 1. The number of nitrogens with zero attached hydrogens (tertiary/aromatic N) is 1. The van der Waals surface area contributed by atoms with Gasteiger partial charge in [-0.15, -0.1) is 0 Å². The van der Waals surface area contributed by atoms with Gasteiger partial charge in [0.25, 0.3) is 0 Å². The van der Waals surface area contributed by atoms with Gasteiger partial charge in [0.1, 0.15) is 5.78 Å². The first-order valence-corrected chi connectivity index (χ1v) is 8.03. The first-order chi connectivity index (χ1) is 8.77. The molecule has 1 spiro atoms. The molecular formula is C16H27NO. The van der Waals surface area contributed by atoms with Gasteiger partial charge in [-0.25, -0.2) is 0 Å². The highest BCUT2D eigenvalue weighted by Crippen LogP contribution is 2.46. The second-order valence-corrected chi connectivity index (χ2v) is 6.89. The van der Waals surface area contributed by atoms with Crippen molar-refractivity contribution in [3.8, 4) is 0 Å². The number of carbonyl (C=O) groups excluding carboxylic acids is 1. The Hall–Kier alpha value is -0.370. The standard InChI is InChI=1S/C16H27NO/c18-15-5-3-4-14(15)6-11-17-12-9-16(10-13-17)7-1-2-8-16/h14H,1-13H2. The van der Waals surface area contributed by atoms with Crippen molar-refractivity contribution in [2.75, 3.05) is 19.6 Å². The van der Waals surface area contributed by atoms with Crippen molar-refractivity contribution in [3.05, 3.63) is 0 Å². The average Bonchev–Trinajstić information content (AvgIpc) is 2.99. The minimum atomic E-state index is 0.410. The molecule has 2 aliphatic carbocycles. The molecule has 0 aromatic carbocycles. The summed E-state index contributed by atoms with van der Waals surface area (Å²) in [5.41, 5.74) is 0.736. The second-order valence-electron chi connectivity index (χ2n) is 6.89. The zero-order valence-electron chi connectivity index (χ0n) is 11.6. The molecule has 0 radical (unpaired) electrons.